The van der Waals surface area contributed by atoms with Gasteiger partial charge in [-0.1, -0.05) is 36.9 Å². The third-order valence-electron chi connectivity index (χ3n) is 4.96. The molecule has 1 aliphatic rings. The van der Waals surface area contributed by atoms with Crippen LogP contribution in [0.15, 0.2) is 76.9 Å². The van der Waals surface area contributed by atoms with Gasteiger partial charge in [0, 0.05) is 18.7 Å². The number of hydrogen-bond acceptors (Lipinski definition) is 3. The molecule has 8 heteroatoms. The number of amides is 1. The number of aliphatic imine (C=N–C) groups is 2. The minimum atomic E-state index is -0.226. The van der Waals surface area contributed by atoms with Gasteiger partial charge in [-0.15, -0.1) is 0 Å². The number of benzene rings is 2. The van der Waals surface area contributed by atoms with Crippen molar-refractivity contribution >= 4 is 35.3 Å². The fourth-order valence-corrected chi connectivity index (χ4v) is 3.28. The zero-order valence-corrected chi connectivity index (χ0v) is 18.0. The molecule has 1 aliphatic heterocycles. The number of carbonyl (C=O) groups is 1. The average molecular weight is 432 g/mol. The topological polar surface area (TPSA) is 135 Å². The van der Waals surface area contributed by atoms with Gasteiger partial charge in [-0.2, -0.15) is 4.99 Å². The van der Waals surface area contributed by atoms with Crippen molar-refractivity contribution in [1.29, 1.82) is 0 Å². The molecule has 0 aromatic heterocycles. The molecule has 0 unspecified atom stereocenters. The number of allylic oxidation sites excluding steroid dienone is 1. The number of likely N-dealkylation sites (tertiary alicyclic amines) is 1. The van der Waals surface area contributed by atoms with Crippen molar-refractivity contribution in [2.24, 2.45) is 21.5 Å². The molecule has 0 spiro atoms. The Labute approximate surface area is 188 Å². The van der Waals surface area contributed by atoms with E-state index in [1.54, 1.807) is 30.3 Å². The fraction of sp³-hybridized carbons (Fsp3) is 0.208. The fourth-order valence-electron chi connectivity index (χ4n) is 3.28. The minimum absolute atomic E-state index is 0.0303. The number of anilines is 2. The van der Waals surface area contributed by atoms with Gasteiger partial charge in [0.1, 0.15) is 0 Å². The van der Waals surface area contributed by atoms with Crippen LogP contribution < -0.4 is 22.5 Å². The van der Waals surface area contributed by atoms with E-state index >= 15 is 0 Å². The second-order valence-electron chi connectivity index (χ2n) is 7.48. The molecule has 0 radical (unpaired) electrons. The first-order valence-corrected chi connectivity index (χ1v) is 10.5. The van der Waals surface area contributed by atoms with E-state index in [1.165, 1.54) is 6.42 Å². The van der Waals surface area contributed by atoms with Crippen molar-refractivity contribution in [2.75, 3.05) is 24.1 Å². The summed E-state index contributed by atoms with van der Waals surface area (Å²) in [6.07, 6.45) is 7.01. The molecule has 1 heterocycles. The lowest BCUT2D eigenvalue weighted by atomic mass is 10.1. The van der Waals surface area contributed by atoms with E-state index in [4.69, 9.17) is 17.2 Å². The third kappa shape index (κ3) is 6.46. The van der Waals surface area contributed by atoms with E-state index < -0.39 is 0 Å². The summed E-state index contributed by atoms with van der Waals surface area (Å²) in [6.45, 7) is 5.72. The minimum Gasteiger partial charge on any atom is -0.397 e. The molecule has 0 aliphatic carbocycles. The summed E-state index contributed by atoms with van der Waals surface area (Å²) in [5.74, 6) is 0.222. The van der Waals surface area contributed by atoms with Crippen LogP contribution >= 0.6 is 0 Å². The van der Waals surface area contributed by atoms with Crippen molar-refractivity contribution in [3.8, 4) is 0 Å². The quantitative estimate of drug-likeness (QED) is 0.250. The van der Waals surface area contributed by atoms with Gasteiger partial charge >= 0.3 is 0 Å². The van der Waals surface area contributed by atoms with E-state index in [2.05, 4.69) is 26.8 Å². The Morgan fingerprint density at radius 1 is 1.00 bits per heavy atom. The number of piperidine rings is 1. The second-order valence-corrected chi connectivity index (χ2v) is 7.48. The molecule has 8 nitrogen and oxygen atoms in total. The molecule has 1 fully saturated rings. The zero-order valence-electron chi connectivity index (χ0n) is 18.0. The molecule has 166 valence electrons. The maximum absolute atomic E-state index is 12.4. The van der Waals surface area contributed by atoms with Crippen molar-refractivity contribution in [1.82, 2.24) is 4.90 Å². The van der Waals surface area contributed by atoms with Crippen LogP contribution in [0.3, 0.4) is 0 Å². The van der Waals surface area contributed by atoms with Crippen molar-refractivity contribution < 1.29 is 4.79 Å². The monoisotopic (exact) mass is 431 g/mol. The summed E-state index contributed by atoms with van der Waals surface area (Å²) < 4.78 is 0. The molecule has 7 N–H and O–H groups in total. The average Bonchev–Trinajstić information content (AvgIpc) is 2.79. The van der Waals surface area contributed by atoms with Crippen LogP contribution in [0.2, 0.25) is 0 Å². The van der Waals surface area contributed by atoms with Crippen molar-refractivity contribution in [2.45, 2.75) is 19.3 Å². The SMILES string of the molecule is C=C(/C=C/c1ccc(C(=O)Nc2ccccc2N)cc1)/N=C(\N=C(N)N)N1CCCCC1. The van der Waals surface area contributed by atoms with Gasteiger partial charge in [-0.3, -0.25) is 4.79 Å². The smallest absolute Gasteiger partial charge is 0.255 e. The molecule has 0 saturated carbocycles. The number of nitrogens with one attached hydrogen (secondary N) is 1. The van der Waals surface area contributed by atoms with Gasteiger partial charge in [-0.05, 0) is 55.2 Å². The van der Waals surface area contributed by atoms with Crippen LogP contribution in [-0.2, 0) is 0 Å². The highest BCUT2D eigenvalue weighted by Crippen LogP contribution is 2.18. The number of nitrogens with two attached hydrogens (primary N) is 3. The van der Waals surface area contributed by atoms with Crippen LogP contribution in [0.4, 0.5) is 11.4 Å². The largest absolute Gasteiger partial charge is 0.397 e. The number of carbonyl (C=O) groups excluding carboxylic acids is 1. The standard InChI is InChI=1S/C24H29N7O/c1-17(28-24(30-23(26)27)31-15-5-2-6-16-31)9-10-18-11-13-19(14-12-18)22(32)29-21-8-4-3-7-20(21)25/h3-4,7-14H,1-2,5-6,15-16,25H2,(H,29,32)(H4,26,27,28,30)/b10-9+. The number of rotatable bonds is 5. The van der Waals surface area contributed by atoms with E-state index in [1.807, 2.05) is 30.3 Å². The highest BCUT2D eigenvalue weighted by Gasteiger charge is 2.14. The lowest BCUT2D eigenvalue weighted by molar-refractivity contribution is 0.102. The molecular formula is C24H29N7O. The molecule has 3 rings (SSSR count). The Morgan fingerprint density at radius 3 is 2.34 bits per heavy atom. The Kier molecular flexibility index (Phi) is 7.64. The first-order valence-electron chi connectivity index (χ1n) is 10.5. The molecule has 1 saturated heterocycles. The van der Waals surface area contributed by atoms with Crippen molar-refractivity contribution in [3.05, 3.63) is 78.0 Å². The summed E-state index contributed by atoms with van der Waals surface area (Å²) in [7, 11) is 0. The number of nitrogen functional groups attached to an aromatic ring is 1. The molecule has 0 bridgehead atoms. The van der Waals surface area contributed by atoms with Crippen molar-refractivity contribution in [3.63, 3.8) is 0 Å². The van der Waals surface area contributed by atoms with E-state index in [9.17, 15) is 4.79 Å². The summed E-state index contributed by atoms with van der Waals surface area (Å²) in [5.41, 5.74) is 20.1. The van der Waals surface area contributed by atoms with Gasteiger partial charge in [0.25, 0.3) is 5.91 Å². The molecule has 2 aromatic carbocycles. The Bertz CT molecular complexity index is 1040. The normalized spacial score (nSPS) is 14.2. The molecule has 32 heavy (non-hydrogen) atoms. The summed E-state index contributed by atoms with van der Waals surface area (Å²) in [4.78, 5) is 23.2. The van der Waals surface area contributed by atoms with E-state index in [-0.39, 0.29) is 11.9 Å². The summed E-state index contributed by atoms with van der Waals surface area (Å²) >= 11 is 0. The summed E-state index contributed by atoms with van der Waals surface area (Å²) in [6, 6.07) is 14.3. The highest BCUT2D eigenvalue weighted by atomic mass is 16.1. The maximum Gasteiger partial charge on any atom is 0.255 e. The molecular weight excluding hydrogens is 402 g/mol. The van der Waals surface area contributed by atoms with Gasteiger partial charge in [0.2, 0.25) is 5.96 Å². The Hall–Kier alpha value is -4.07. The highest BCUT2D eigenvalue weighted by molar-refractivity contribution is 6.05. The Balaban J connectivity index is 1.65. The van der Waals surface area contributed by atoms with E-state index in [0.29, 0.717) is 28.6 Å². The molecule has 1 amide bonds. The lowest BCUT2D eigenvalue weighted by Crippen LogP contribution is -2.37. The number of nitrogens with zero attached hydrogens (tertiary/aromatic N) is 3. The predicted octanol–water partition coefficient (Wildman–Crippen LogP) is 3.16. The van der Waals surface area contributed by atoms with E-state index in [0.717, 1.165) is 31.5 Å². The molecule has 2 aromatic rings. The predicted molar refractivity (Wildman–Crippen MR) is 132 cm³/mol. The lowest BCUT2D eigenvalue weighted by Gasteiger charge is -2.27. The van der Waals surface area contributed by atoms with Crippen LogP contribution in [0.5, 0.6) is 0 Å². The van der Waals surface area contributed by atoms with Gasteiger partial charge in [0.15, 0.2) is 5.96 Å². The third-order valence-corrected chi connectivity index (χ3v) is 4.96. The first-order chi connectivity index (χ1) is 15.4. The first kappa shape index (κ1) is 22.6. The summed E-state index contributed by atoms with van der Waals surface area (Å²) in [5, 5.41) is 2.81. The number of para-hydroxylation sites is 2. The van der Waals surface area contributed by atoms with Gasteiger partial charge in [0.05, 0.1) is 17.1 Å². The van der Waals surface area contributed by atoms with Crippen LogP contribution in [0.25, 0.3) is 6.08 Å². The van der Waals surface area contributed by atoms with Crippen LogP contribution in [0, 0.1) is 0 Å². The number of guanidine groups is 2. The van der Waals surface area contributed by atoms with Gasteiger partial charge < -0.3 is 27.4 Å². The van der Waals surface area contributed by atoms with Crippen LogP contribution in [-0.4, -0.2) is 35.8 Å². The van der Waals surface area contributed by atoms with Crippen LogP contribution in [0.1, 0.15) is 35.2 Å². The zero-order chi connectivity index (χ0) is 22.9. The maximum atomic E-state index is 12.4. The Morgan fingerprint density at radius 2 is 1.69 bits per heavy atom. The second kappa shape index (κ2) is 10.8. The molecule has 0 atom stereocenters. The number of hydrogen-bond donors (Lipinski definition) is 4. The van der Waals surface area contributed by atoms with Gasteiger partial charge in [-0.25, -0.2) is 4.99 Å².